The van der Waals surface area contributed by atoms with E-state index in [0.29, 0.717) is 40.8 Å². The number of nitrogen functional groups attached to an aromatic ring is 1. The van der Waals surface area contributed by atoms with Gasteiger partial charge < -0.3 is 26.1 Å². The van der Waals surface area contributed by atoms with Crippen molar-refractivity contribution >= 4 is 33.1 Å². The normalized spacial score (nSPS) is 11.5. The summed E-state index contributed by atoms with van der Waals surface area (Å²) in [5.41, 5.74) is 7.86. The zero-order chi connectivity index (χ0) is 26.5. The van der Waals surface area contributed by atoms with Crippen molar-refractivity contribution < 1.29 is 13.2 Å². The van der Waals surface area contributed by atoms with Crippen molar-refractivity contribution in [2.24, 2.45) is 0 Å². The molecule has 0 fully saturated rings. The third kappa shape index (κ3) is 6.89. The van der Waals surface area contributed by atoms with Crippen molar-refractivity contribution in [1.82, 2.24) is 19.9 Å². The Bertz CT molecular complexity index is 1330. The van der Waals surface area contributed by atoms with Gasteiger partial charge in [0.05, 0.1) is 11.7 Å². The first kappa shape index (κ1) is 26.8. The van der Waals surface area contributed by atoms with Crippen LogP contribution in [-0.4, -0.2) is 67.3 Å². The number of ether oxygens (including phenoxy) is 1. The summed E-state index contributed by atoms with van der Waals surface area (Å²) in [4.78, 5) is 14.9. The van der Waals surface area contributed by atoms with Gasteiger partial charge in [0, 0.05) is 42.3 Å². The Morgan fingerprint density at radius 1 is 1.17 bits per heavy atom. The molecule has 2 aromatic heterocycles. The lowest BCUT2D eigenvalue weighted by molar-refractivity contribution is 0.241. The van der Waals surface area contributed by atoms with Gasteiger partial charge in [-0.3, -0.25) is 4.72 Å². The van der Waals surface area contributed by atoms with Gasteiger partial charge in [-0.1, -0.05) is 0 Å². The fourth-order valence-electron chi connectivity index (χ4n) is 3.28. The van der Waals surface area contributed by atoms with Crippen LogP contribution in [-0.2, 0) is 10.0 Å². The molecule has 3 rings (SSSR count). The predicted octanol–water partition coefficient (Wildman–Crippen LogP) is 3.07. The Kier molecular flexibility index (Phi) is 8.43. The molecule has 0 amide bonds. The minimum Gasteiger partial charge on any atom is -0.491 e. The van der Waals surface area contributed by atoms with Gasteiger partial charge in [-0.15, -0.1) is 0 Å². The molecule has 0 spiro atoms. The predicted molar refractivity (Wildman–Crippen MR) is 142 cm³/mol. The molecule has 2 heterocycles. The molecule has 0 aliphatic rings. The number of hydrogen-bond acceptors (Lipinski definition) is 10. The second-order valence-corrected chi connectivity index (χ2v) is 10.3. The average Bonchev–Trinajstić information content (AvgIpc) is 2.78. The highest BCUT2D eigenvalue weighted by atomic mass is 32.2. The van der Waals surface area contributed by atoms with Gasteiger partial charge in [0.2, 0.25) is 0 Å². The van der Waals surface area contributed by atoms with Crippen LogP contribution in [0.25, 0.3) is 11.4 Å². The molecular formula is C24H32N8O3S. The number of rotatable bonds is 11. The molecule has 0 saturated carbocycles. The largest absolute Gasteiger partial charge is 0.491 e. The van der Waals surface area contributed by atoms with Crippen LogP contribution in [0.15, 0.2) is 47.6 Å². The monoisotopic (exact) mass is 512 g/mol. The highest BCUT2D eigenvalue weighted by Crippen LogP contribution is 2.26. The zero-order valence-corrected chi connectivity index (χ0v) is 21.8. The van der Waals surface area contributed by atoms with Crippen LogP contribution >= 0.6 is 0 Å². The topological polar surface area (TPSA) is 159 Å². The smallest absolute Gasteiger partial charge is 0.279 e. The lowest BCUT2D eigenvalue weighted by Gasteiger charge is -2.16. The fourth-order valence-corrected chi connectivity index (χ4v) is 4.30. The standard InChI is InChI=1S/C24H32N8O3S/c1-15(2)35-19-10-11-27-20(14-19)36(33,34)31-18-8-6-17(7-9-18)23-29-22(26)21(16(3)25)24(30-23)28-12-13-32(4)5/h6-11,14-15,25,31H,12-13H2,1-5H3,(H3,26,28,29,30). The van der Waals surface area contributed by atoms with Crippen molar-refractivity contribution in [1.29, 1.82) is 5.41 Å². The van der Waals surface area contributed by atoms with Gasteiger partial charge >= 0.3 is 0 Å². The van der Waals surface area contributed by atoms with E-state index >= 15 is 0 Å². The summed E-state index contributed by atoms with van der Waals surface area (Å²) in [7, 11) is 0.00403. The molecular weight excluding hydrogens is 480 g/mol. The summed E-state index contributed by atoms with van der Waals surface area (Å²) in [6, 6.07) is 9.59. The maximum Gasteiger partial charge on any atom is 0.279 e. The fraction of sp³-hybridized carbons (Fsp3) is 0.333. The number of sulfonamides is 1. The van der Waals surface area contributed by atoms with Crippen molar-refractivity contribution in [3.05, 3.63) is 48.2 Å². The molecule has 0 bridgehead atoms. The van der Waals surface area contributed by atoms with E-state index < -0.39 is 10.0 Å². The Balaban J connectivity index is 1.84. The van der Waals surface area contributed by atoms with Crippen LogP contribution in [0.4, 0.5) is 17.3 Å². The van der Waals surface area contributed by atoms with Gasteiger partial charge in [-0.2, -0.15) is 8.42 Å². The van der Waals surface area contributed by atoms with Gasteiger partial charge in [-0.25, -0.2) is 15.0 Å². The van der Waals surface area contributed by atoms with Gasteiger partial charge in [0.1, 0.15) is 17.4 Å². The lowest BCUT2D eigenvalue weighted by Crippen LogP contribution is -2.22. The maximum atomic E-state index is 12.8. The van der Waals surface area contributed by atoms with Crippen LogP contribution < -0.4 is 20.5 Å². The summed E-state index contributed by atoms with van der Waals surface area (Å²) in [5, 5.41) is 11.1. The molecule has 0 radical (unpaired) electrons. The number of likely N-dealkylation sites (N-methyl/N-ethyl adjacent to an activating group) is 1. The molecule has 0 saturated heterocycles. The lowest BCUT2D eigenvalue weighted by atomic mass is 10.1. The molecule has 192 valence electrons. The summed E-state index contributed by atoms with van der Waals surface area (Å²) < 4.78 is 33.8. The molecule has 0 atom stereocenters. The Hall–Kier alpha value is -3.77. The van der Waals surface area contributed by atoms with E-state index in [1.807, 2.05) is 32.8 Å². The van der Waals surface area contributed by atoms with E-state index in [9.17, 15) is 8.42 Å². The minimum atomic E-state index is -3.92. The van der Waals surface area contributed by atoms with Crippen LogP contribution in [0.5, 0.6) is 5.75 Å². The van der Waals surface area contributed by atoms with E-state index in [0.717, 1.165) is 6.54 Å². The molecule has 0 aliphatic heterocycles. The van der Waals surface area contributed by atoms with Crippen LogP contribution in [0, 0.1) is 5.41 Å². The highest BCUT2D eigenvalue weighted by Gasteiger charge is 2.18. The highest BCUT2D eigenvalue weighted by molar-refractivity contribution is 7.92. The number of nitrogens with two attached hydrogens (primary N) is 1. The SMILES string of the molecule is CC(=N)c1c(N)nc(-c2ccc(NS(=O)(=O)c3cc(OC(C)C)ccn3)cc2)nc1NCCN(C)C. The van der Waals surface area contributed by atoms with E-state index in [-0.39, 0.29) is 22.7 Å². The van der Waals surface area contributed by atoms with Gasteiger partial charge in [0.15, 0.2) is 10.9 Å². The number of pyridine rings is 1. The average molecular weight is 513 g/mol. The summed E-state index contributed by atoms with van der Waals surface area (Å²) in [6.45, 7) is 6.72. The molecule has 11 nitrogen and oxygen atoms in total. The minimum absolute atomic E-state index is 0.0969. The molecule has 12 heteroatoms. The van der Waals surface area contributed by atoms with Crippen LogP contribution in [0.1, 0.15) is 26.3 Å². The number of aromatic nitrogens is 3. The second-order valence-electron chi connectivity index (χ2n) is 8.69. The quantitative estimate of drug-likeness (QED) is 0.283. The van der Waals surface area contributed by atoms with Gasteiger partial charge in [-0.05, 0) is 65.2 Å². The van der Waals surface area contributed by atoms with E-state index in [2.05, 4.69) is 25.0 Å². The van der Waals surface area contributed by atoms with E-state index in [4.69, 9.17) is 15.9 Å². The van der Waals surface area contributed by atoms with Crippen molar-refractivity contribution in [3.63, 3.8) is 0 Å². The molecule has 36 heavy (non-hydrogen) atoms. The van der Waals surface area contributed by atoms with E-state index in [1.165, 1.54) is 12.3 Å². The Morgan fingerprint density at radius 2 is 1.86 bits per heavy atom. The third-order valence-corrected chi connectivity index (χ3v) is 6.19. The second kappa shape index (κ2) is 11.3. The van der Waals surface area contributed by atoms with Crippen LogP contribution in [0.3, 0.4) is 0 Å². The van der Waals surface area contributed by atoms with E-state index in [1.54, 1.807) is 37.3 Å². The maximum absolute atomic E-state index is 12.8. The summed E-state index contributed by atoms with van der Waals surface area (Å²) in [5.74, 6) is 1.45. The molecule has 1 aromatic carbocycles. The zero-order valence-electron chi connectivity index (χ0n) is 21.0. The number of hydrogen-bond donors (Lipinski definition) is 4. The van der Waals surface area contributed by atoms with Crippen molar-refractivity contribution in [2.75, 3.05) is 43.0 Å². The molecule has 0 aliphatic carbocycles. The number of benzene rings is 1. The van der Waals surface area contributed by atoms with Gasteiger partial charge in [0.25, 0.3) is 10.0 Å². The Morgan fingerprint density at radius 3 is 2.47 bits per heavy atom. The number of anilines is 3. The van der Waals surface area contributed by atoms with Crippen molar-refractivity contribution in [3.8, 4) is 17.1 Å². The van der Waals surface area contributed by atoms with Crippen LogP contribution in [0.2, 0.25) is 0 Å². The molecule has 0 unspecified atom stereocenters. The first-order chi connectivity index (χ1) is 17.0. The number of nitrogens with one attached hydrogen (secondary N) is 3. The number of nitrogens with zero attached hydrogens (tertiary/aromatic N) is 4. The van der Waals surface area contributed by atoms with Crippen molar-refractivity contribution in [2.45, 2.75) is 31.9 Å². The summed E-state index contributed by atoms with van der Waals surface area (Å²) >= 11 is 0. The summed E-state index contributed by atoms with van der Waals surface area (Å²) in [6.07, 6.45) is 1.29. The molecule has 5 N–H and O–H groups in total. The Labute approximate surface area is 211 Å². The first-order valence-corrected chi connectivity index (χ1v) is 12.8. The third-order valence-electron chi connectivity index (χ3n) is 4.91. The molecule has 3 aromatic rings. The first-order valence-electron chi connectivity index (χ1n) is 11.3.